The van der Waals surface area contributed by atoms with Gasteiger partial charge < -0.3 is 10.6 Å². The van der Waals surface area contributed by atoms with Crippen molar-refractivity contribution in [1.82, 2.24) is 15.6 Å². The number of nitrogens with zero attached hydrogens (tertiary/aromatic N) is 1. The van der Waals surface area contributed by atoms with Crippen molar-refractivity contribution in [1.29, 1.82) is 0 Å². The van der Waals surface area contributed by atoms with Crippen LogP contribution in [-0.4, -0.2) is 24.1 Å². The minimum Gasteiger partial charge on any atom is -0.314 e. The monoisotopic (exact) mass is 227 g/mol. The summed E-state index contributed by atoms with van der Waals surface area (Å²) in [5.41, 5.74) is 3.07. The highest BCUT2D eigenvalue weighted by Gasteiger charge is 2.01. The van der Waals surface area contributed by atoms with Crippen molar-refractivity contribution in [2.45, 2.75) is 39.8 Å². The van der Waals surface area contributed by atoms with Gasteiger partial charge in [0.15, 0.2) is 0 Å². The first-order chi connectivity index (χ1) is 7.24. The smallest absolute Gasteiger partial charge is 0.0798 e. The van der Waals surface area contributed by atoms with E-state index in [2.05, 4.69) is 36.4 Å². The number of rotatable bonds is 7. The van der Waals surface area contributed by atoms with Gasteiger partial charge in [-0.1, -0.05) is 6.92 Å². The molecule has 0 spiro atoms. The number of aryl methyl sites for hydroxylation is 1. The highest BCUT2D eigenvalue weighted by atomic mass is 32.1. The van der Waals surface area contributed by atoms with Crippen molar-refractivity contribution in [3.8, 4) is 0 Å². The van der Waals surface area contributed by atoms with E-state index in [0.717, 1.165) is 25.3 Å². The highest BCUT2D eigenvalue weighted by Crippen LogP contribution is 2.10. The molecule has 1 unspecified atom stereocenters. The molecule has 86 valence electrons. The summed E-state index contributed by atoms with van der Waals surface area (Å²) in [6, 6.07) is 0.602. The van der Waals surface area contributed by atoms with Crippen molar-refractivity contribution < 1.29 is 0 Å². The Morgan fingerprint density at radius 1 is 1.53 bits per heavy atom. The molecular formula is C11H21N3S. The number of nitrogens with one attached hydrogen (secondary N) is 2. The van der Waals surface area contributed by atoms with Crippen LogP contribution in [0.1, 0.15) is 30.8 Å². The van der Waals surface area contributed by atoms with E-state index in [1.165, 1.54) is 11.3 Å². The lowest BCUT2D eigenvalue weighted by molar-refractivity contribution is 0.505. The number of hydrogen-bond donors (Lipinski definition) is 2. The summed E-state index contributed by atoms with van der Waals surface area (Å²) in [6.45, 7) is 9.50. The van der Waals surface area contributed by atoms with Crippen molar-refractivity contribution in [2.75, 3.05) is 13.1 Å². The molecule has 1 aromatic rings. The van der Waals surface area contributed by atoms with Crippen LogP contribution >= 0.6 is 11.3 Å². The maximum atomic E-state index is 4.23. The van der Waals surface area contributed by atoms with Gasteiger partial charge in [0.2, 0.25) is 0 Å². The molecule has 2 N–H and O–H groups in total. The second kappa shape index (κ2) is 6.93. The SMILES string of the molecule is CCNC(C)CCNCc1scnc1C. The van der Waals surface area contributed by atoms with Gasteiger partial charge in [-0.2, -0.15) is 0 Å². The Labute approximate surface area is 96.3 Å². The maximum Gasteiger partial charge on any atom is 0.0798 e. The van der Waals surface area contributed by atoms with Gasteiger partial charge in [0, 0.05) is 17.5 Å². The van der Waals surface area contributed by atoms with Crippen molar-refractivity contribution >= 4 is 11.3 Å². The van der Waals surface area contributed by atoms with E-state index in [9.17, 15) is 0 Å². The van der Waals surface area contributed by atoms with Crippen LogP contribution in [0.2, 0.25) is 0 Å². The normalized spacial score (nSPS) is 13.0. The van der Waals surface area contributed by atoms with E-state index in [0.29, 0.717) is 6.04 Å². The predicted molar refractivity (Wildman–Crippen MR) is 66.3 cm³/mol. The van der Waals surface area contributed by atoms with Crippen LogP contribution in [0.15, 0.2) is 5.51 Å². The quantitative estimate of drug-likeness (QED) is 0.699. The summed E-state index contributed by atoms with van der Waals surface area (Å²) in [5, 5.41) is 6.85. The van der Waals surface area contributed by atoms with Gasteiger partial charge in [-0.15, -0.1) is 11.3 Å². The Bertz CT molecular complexity index is 273. The van der Waals surface area contributed by atoms with Crippen LogP contribution in [-0.2, 0) is 6.54 Å². The Hall–Kier alpha value is -0.450. The van der Waals surface area contributed by atoms with Gasteiger partial charge in [0.05, 0.1) is 11.2 Å². The fourth-order valence-corrected chi connectivity index (χ4v) is 2.21. The summed E-state index contributed by atoms with van der Waals surface area (Å²) in [7, 11) is 0. The minimum atomic E-state index is 0.602. The fourth-order valence-electron chi connectivity index (χ4n) is 1.47. The average molecular weight is 227 g/mol. The first-order valence-corrected chi connectivity index (χ1v) is 6.45. The zero-order chi connectivity index (χ0) is 11.1. The van der Waals surface area contributed by atoms with E-state index >= 15 is 0 Å². The van der Waals surface area contributed by atoms with E-state index in [4.69, 9.17) is 0 Å². The molecule has 0 aromatic carbocycles. The lowest BCUT2D eigenvalue weighted by atomic mass is 10.2. The Kier molecular flexibility index (Phi) is 5.83. The Balaban J connectivity index is 2.09. The molecule has 0 aliphatic heterocycles. The summed E-state index contributed by atoms with van der Waals surface area (Å²) in [5.74, 6) is 0. The predicted octanol–water partition coefficient (Wildman–Crippen LogP) is 1.93. The third kappa shape index (κ3) is 4.73. The first-order valence-electron chi connectivity index (χ1n) is 5.57. The second-order valence-electron chi connectivity index (χ2n) is 3.79. The summed E-state index contributed by atoms with van der Waals surface area (Å²) in [6.07, 6.45) is 1.17. The van der Waals surface area contributed by atoms with Gasteiger partial charge in [-0.25, -0.2) is 4.98 Å². The number of thiazole rings is 1. The van der Waals surface area contributed by atoms with E-state index in [1.807, 2.05) is 5.51 Å². The Morgan fingerprint density at radius 2 is 2.33 bits per heavy atom. The number of hydrogen-bond acceptors (Lipinski definition) is 4. The van der Waals surface area contributed by atoms with Crippen molar-refractivity contribution in [3.63, 3.8) is 0 Å². The molecule has 0 fully saturated rings. The standard InChI is InChI=1S/C11H21N3S/c1-4-13-9(2)5-6-12-7-11-10(3)14-8-15-11/h8-9,12-13H,4-7H2,1-3H3. The molecule has 1 aromatic heterocycles. The van der Waals surface area contributed by atoms with Crippen LogP contribution < -0.4 is 10.6 Å². The van der Waals surface area contributed by atoms with Gasteiger partial charge in [-0.3, -0.25) is 0 Å². The molecule has 4 heteroatoms. The molecule has 0 saturated carbocycles. The molecule has 15 heavy (non-hydrogen) atoms. The zero-order valence-corrected chi connectivity index (χ0v) is 10.7. The molecule has 1 heterocycles. The first kappa shape index (κ1) is 12.6. The molecule has 1 rings (SSSR count). The lowest BCUT2D eigenvalue weighted by Gasteiger charge is -2.12. The zero-order valence-electron chi connectivity index (χ0n) is 9.84. The molecule has 0 bridgehead atoms. The van der Waals surface area contributed by atoms with Crippen LogP contribution in [0.25, 0.3) is 0 Å². The van der Waals surface area contributed by atoms with Crippen LogP contribution in [0, 0.1) is 6.92 Å². The molecule has 0 amide bonds. The molecule has 0 radical (unpaired) electrons. The molecular weight excluding hydrogens is 206 g/mol. The van der Waals surface area contributed by atoms with Gasteiger partial charge in [0.1, 0.15) is 0 Å². The van der Waals surface area contributed by atoms with Crippen LogP contribution in [0.5, 0.6) is 0 Å². The third-order valence-corrected chi connectivity index (χ3v) is 3.37. The van der Waals surface area contributed by atoms with E-state index in [-0.39, 0.29) is 0 Å². The van der Waals surface area contributed by atoms with Gasteiger partial charge >= 0.3 is 0 Å². The summed E-state index contributed by atoms with van der Waals surface area (Å²) in [4.78, 5) is 5.58. The average Bonchev–Trinajstić information content (AvgIpc) is 2.60. The molecule has 3 nitrogen and oxygen atoms in total. The fraction of sp³-hybridized carbons (Fsp3) is 0.727. The van der Waals surface area contributed by atoms with E-state index in [1.54, 1.807) is 11.3 Å². The minimum absolute atomic E-state index is 0.602. The summed E-state index contributed by atoms with van der Waals surface area (Å²) >= 11 is 1.73. The van der Waals surface area contributed by atoms with Gasteiger partial charge in [-0.05, 0) is 33.4 Å². The molecule has 0 aliphatic rings. The highest BCUT2D eigenvalue weighted by molar-refractivity contribution is 7.09. The second-order valence-corrected chi connectivity index (χ2v) is 4.72. The van der Waals surface area contributed by atoms with Crippen LogP contribution in [0.3, 0.4) is 0 Å². The Morgan fingerprint density at radius 3 is 2.93 bits per heavy atom. The summed E-state index contributed by atoms with van der Waals surface area (Å²) < 4.78 is 0. The van der Waals surface area contributed by atoms with E-state index < -0.39 is 0 Å². The molecule has 0 aliphatic carbocycles. The molecule has 1 atom stereocenters. The lowest BCUT2D eigenvalue weighted by Crippen LogP contribution is -2.29. The topological polar surface area (TPSA) is 37.0 Å². The van der Waals surface area contributed by atoms with Crippen LogP contribution in [0.4, 0.5) is 0 Å². The van der Waals surface area contributed by atoms with Crippen molar-refractivity contribution in [2.24, 2.45) is 0 Å². The van der Waals surface area contributed by atoms with Crippen molar-refractivity contribution in [3.05, 3.63) is 16.1 Å². The maximum absolute atomic E-state index is 4.23. The van der Waals surface area contributed by atoms with Gasteiger partial charge in [0.25, 0.3) is 0 Å². The largest absolute Gasteiger partial charge is 0.314 e. The number of aromatic nitrogens is 1. The molecule has 0 saturated heterocycles. The third-order valence-electron chi connectivity index (χ3n) is 2.44.